The summed E-state index contributed by atoms with van der Waals surface area (Å²) in [6.07, 6.45) is 2.57. The summed E-state index contributed by atoms with van der Waals surface area (Å²) < 4.78 is 0. The molecule has 16 heavy (non-hydrogen) atoms. The SMILES string of the molecule is N#Cc1ccc(-c2cc[c]nn2)c(C#N)c1. The van der Waals surface area contributed by atoms with E-state index in [2.05, 4.69) is 16.4 Å². The fourth-order valence-corrected chi connectivity index (χ4v) is 1.34. The normalized spacial score (nSPS) is 9.12. The van der Waals surface area contributed by atoms with Gasteiger partial charge in [0.2, 0.25) is 0 Å². The molecule has 1 heterocycles. The van der Waals surface area contributed by atoms with E-state index in [0.29, 0.717) is 22.4 Å². The molecule has 0 aliphatic carbocycles. The summed E-state index contributed by atoms with van der Waals surface area (Å²) in [5, 5.41) is 25.2. The van der Waals surface area contributed by atoms with Crippen molar-refractivity contribution < 1.29 is 0 Å². The molecule has 0 saturated carbocycles. The Morgan fingerprint density at radius 3 is 2.62 bits per heavy atom. The third kappa shape index (κ3) is 1.73. The lowest BCUT2D eigenvalue weighted by Gasteiger charge is -2.01. The van der Waals surface area contributed by atoms with Crippen molar-refractivity contribution in [2.45, 2.75) is 0 Å². The van der Waals surface area contributed by atoms with E-state index in [1.807, 2.05) is 12.1 Å². The first-order valence-corrected chi connectivity index (χ1v) is 4.49. The molecule has 1 aromatic carbocycles. The third-order valence-electron chi connectivity index (χ3n) is 2.08. The van der Waals surface area contributed by atoms with Crippen LogP contribution in [0.3, 0.4) is 0 Å². The van der Waals surface area contributed by atoms with E-state index >= 15 is 0 Å². The van der Waals surface area contributed by atoms with Gasteiger partial charge in [-0.25, -0.2) is 0 Å². The van der Waals surface area contributed by atoms with E-state index in [9.17, 15) is 0 Å². The van der Waals surface area contributed by atoms with Gasteiger partial charge in [0.05, 0.1) is 29.0 Å². The minimum atomic E-state index is 0.416. The monoisotopic (exact) mass is 205 g/mol. The van der Waals surface area contributed by atoms with E-state index in [1.54, 1.807) is 24.3 Å². The highest BCUT2D eigenvalue weighted by atomic mass is 15.1. The molecular formula is C12H5N4. The second-order valence-corrected chi connectivity index (χ2v) is 3.03. The van der Waals surface area contributed by atoms with Crippen LogP contribution in [0.15, 0.2) is 30.3 Å². The molecule has 4 nitrogen and oxygen atoms in total. The molecule has 73 valence electrons. The summed E-state index contributed by atoms with van der Waals surface area (Å²) in [6.45, 7) is 0. The molecule has 0 spiro atoms. The second-order valence-electron chi connectivity index (χ2n) is 3.03. The molecule has 0 bridgehead atoms. The molecule has 2 aromatic rings. The summed E-state index contributed by atoms with van der Waals surface area (Å²) in [7, 11) is 0. The van der Waals surface area contributed by atoms with Crippen LogP contribution in [-0.4, -0.2) is 10.2 Å². The van der Waals surface area contributed by atoms with E-state index in [4.69, 9.17) is 10.5 Å². The first kappa shape index (κ1) is 9.82. The van der Waals surface area contributed by atoms with Gasteiger partial charge in [-0.05, 0) is 24.3 Å². The highest BCUT2D eigenvalue weighted by Gasteiger charge is 2.07. The lowest BCUT2D eigenvalue weighted by atomic mass is 10.0. The Morgan fingerprint density at radius 1 is 1.12 bits per heavy atom. The third-order valence-corrected chi connectivity index (χ3v) is 2.08. The van der Waals surface area contributed by atoms with Crippen molar-refractivity contribution in [2.75, 3.05) is 0 Å². The van der Waals surface area contributed by atoms with E-state index < -0.39 is 0 Å². The number of hydrogen-bond acceptors (Lipinski definition) is 4. The van der Waals surface area contributed by atoms with Gasteiger partial charge in [0.25, 0.3) is 0 Å². The maximum Gasteiger partial charge on any atom is 0.113 e. The Labute approximate surface area is 92.4 Å². The Hall–Kier alpha value is -2.72. The van der Waals surface area contributed by atoms with Gasteiger partial charge in [-0.15, -0.1) is 10.2 Å². The molecule has 0 N–H and O–H groups in total. The van der Waals surface area contributed by atoms with Crippen molar-refractivity contribution in [2.24, 2.45) is 0 Å². The number of hydrogen-bond donors (Lipinski definition) is 0. The van der Waals surface area contributed by atoms with Gasteiger partial charge in [-0.3, -0.25) is 0 Å². The molecule has 0 fully saturated rings. The topological polar surface area (TPSA) is 73.4 Å². The lowest BCUT2D eigenvalue weighted by Crippen LogP contribution is -1.90. The number of nitrogens with zero attached hydrogens (tertiary/aromatic N) is 4. The van der Waals surface area contributed by atoms with Crippen LogP contribution in [0.1, 0.15) is 11.1 Å². The first-order chi connectivity index (χ1) is 7.85. The summed E-state index contributed by atoms with van der Waals surface area (Å²) in [5.41, 5.74) is 2.14. The van der Waals surface area contributed by atoms with Gasteiger partial charge in [-0.2, -0.15) is 10.5 Å². The van der Waals surface area contributed by atoms with Crippen LogP contribution < -0.4 is 0 Å². The van der Waals surface area contributed by atoms with Gasteiger partial charge >= 0.3 is 0 Å². The van der Waals surface area contributed by atoms with E-state index in [1.165, 1.54) is 6.07 Å². The molecule has 0 atom stereocenters. The van der Waals surface area contributed by atoms with Crippen molar-refractivity contribution in [3.63, 3.8) is 0 Å². The fourth-order valence-electron chi connectivity index (χ4n) is 1.34. The van der Waals surface area contributed by atoms with Crippen molar-refractivity contribution >= 4 is 0 Å². The average Bonchev–Trinajstić information content (AvgIpc) is 2.39. The van der Waals surface area contributed by atoms with Gasteiger partial charge < -0.3 is 0 Å². The van der Waals surface area contributed by atoms with Crippen LogP contribution in [0.2, 0.25) is 0 Å². The van der Waals surface area contributed by atoms with Gasteiger partial charge in [-0.1, -0.05) is 6.07 Å². The fraction of sp³-hybridized carbons (Fsp3) is 0. The predicted octanol–water partition coefficient (Wildman–Crippen LogP) is 1.69. The Morgan fingerprint density at radius 2 is 2.00 bits per heavy atom. The van der Waals surface area contributed by atoms with E-state index in [-0.39, 0.29) is 0 Å². The maximum absolute atomic E-state index is 8.98. The number of aromatic nitrogens is 2. The Balaban J connectivity index is 2.60. The van der Waals surface area contributed by atoms with Crippen molar-refractivity contribution in [1.29, 1.82) is 10.5 Å². The zero-order valence-corrected chi connectivity index (χ0v) is 8.18. The Kier molecular flexibility index (Phi) is 2.58. The summed E-state index contributed by atoms with van der Waals surface area (Å²) in [4.78, 5) is 0. The average molecular weight is 205 g/mol. The number of nitriles is 2. The summed E-state index contributed by atoms with van der Waals surface area (Å²) in [5.74, 6) is 0. The van der Waals surface area contributed by atoms with Crippen LogP contribution in [0.5, 0.6) is 0 Å². The molecule has 2 rings (SSSR count). The molecule has 0 aliphatic heterocycles. The Bertz CT molecular complexity index is 591. The van der Waals surface area contributed by atoms with Crippen molar-refractivity contribution in [3.05, 3.63) is 47.7 Å². The second kappa shape index (κ2) is 4.20. The summed E-state index contributed by atoms with van der Waals surface area (Å²) >= 11 is 0. The van der Waals surface area contributed by atoms with Crippen LogP contribution in [-0.2, 0) is 0 Å². The highest BCUT2D eigenvalue weighted by molar-refractivity contribution is 5.68. The van der Waals surface area contributed by atoms with Crippen LogP contribution >= 0.6 is 0 Å². The van der Waals surface area contributed by atoms with Crippen LogP contribution in [0.25, 0.3) is 11.3 Å². The smallest absolute Gasteiger partial charge is 0.113 e. The van der Waals surface area contributed by atoms with Crippen molar-refractivity contribution in [3.8, 4) is 23.4 Å². The lowest BCUT2D eigenvalue weighted by molar-refractivity contribution is 1.03. The molecule has 0 amide bonds. The maximum atomic E-state index is 8.98. The van der Waals surface area contributed by atoms with Gasteiger partial charge in [0.15, 0.2) is 0 Å². The number of benzene rings is 1. The number of rotatable bonds is 1. The van der Waals surface area contributed by atoms with Crippen molar-refractivity contribution in [1.82, 2.24) is 10.2 Å². The highest BCUT2D eigenvalue weighted by Crippen LogP contribution is 2.21. The zero-order chi connectivity index (χ0) is 11.4. The molecule has 1 aromatic heterocycles. The van der Waals surface area contributed by atoms with Crippen LogP contribution in [0.4, 0.5) is 0 Å². The molecular weight excluding hydrogens is 200 g/mol. The minimum Gasteiger partial charge on any atom is -0.192 e. The quantitative estimate of drug-likeness (QED) is 0.710. The minimum absolute atomic E-state index is 0.416. The standard InChI is InChI=1S/C12H5N4/c13-7-9-3-4-11(10(6-9)8-14)12-2-1-5-15-16-12/h1-4,6H. The van der Waals surface area contributed by atoms with Gasteiger partial charge in [0, 0.05) is 5.56 Å². The van der Waals surface area contributed by atoms with E-state index in [0.717, 1.165) is 0 Å². The van der Waals surface area contributed by atoms with Crippen LogP contribution in [0, 0.1) is 28.9 Å². The molecule has 1 radical (unpaired) electrons. The molecule has 4 heteroatoms. The predicted molar refractivity (Wildman–Crippen MR) is 55.7 cm³/mol. The first-order valence-electron chi connectivity index (χ1n) is 4.49. The summed E-state index contributed by atoms with van der Waals surface area (Å²) in [6, 6.07) is 12.2. The molecule has 0 saturated heterocycles. The largest absolute Gasteiger partial charge is 0.192 e. The zero-order valence-electron chi connectivity index (χ0n) is 8.18. The molecule has 0 unspecified atom stereocenters. The molecule has 0 aliphatic rings. The van der Waals surface area contributed by atoms with Gasteiger partial charge in [0.1, 0.15) is 6.20 Å².